The molecule has 0 aromatic heterocycles. The van der Waals surface area contributed by atoms with E-state index in [1.807, 2.05) is 0 Å². The predicted molar refractivity (Wildman–Crippen MR) is 109 cm³/mol. The van der Waals surface area contributed by atoms with E-state index in [4.69, 9.17) is 0 Å². The fourth-order valence-electron chi connectivity index (χ4n) is 3.08. The molecule has 0 fully saturated rings. The number of carbonyl (C=O) groups excluding carboxylic acids is 1. The van der Waals surface area contributed by atoms with Gasteiger partial charge in [-0.2, -0.15) is 4.31 Å². The number of nitrogens with zero attached hydrogens (tertiary/aromatic N) is 2. The van der Waals surface area contributed by atoms with Crippen molar-refractivity contribution in [2.45, 2.75) is 38.5 Å². The molecule has 0 aliphatic carbocycles. The van der Waals surface area contributed by atoms with E-state index in [9.17, 15) is 22.0 Å². The predicted octanol–water partition coefficient (Wildman–Crippen LogP) is 3.98. The number of hydrogen-bond acceptors (Lipinski definition) is 3. The largest absolute Gasteiger partial charge is 0.313 e. The van der Waals surface area contributed by atoms with Gasteiger partial charge in [0.1, 0.15) is 0 Å². The lowest BCUT2D eigenvalue weighted by Gasteiger charge is -2.21. The van der Waals surface area contributed by atoms with E-state index in [2.05, 4.69) is 0 Å². The van der Waals surface area contributed by atoms with Crippen LogP contribution in [0.4, 0.5) is 14.5 Å². The van der Waals surface area contributed by atoms with Crippen LogP contribution in [0, 0.1) is 11.6 Å². The van der Waals surface area contributed by atoms with Crippen molar-refractivity contribution in [3.8, 4) is 0 Å². The smallest absolute Gasteiger partial charge is 0.243 e. The van der Waals surface area contributed by atoms with Crippen LogP contribution in [0.1, 0.15) is 32.8 Å². The normalized spacial score (nSPS) is 11.7. The number of sulfonamides is 1. The molecule has 0 bridgehead atoms. The summed E-state index contributed by atoms with van der Waals surface area (Å²) in [6.45, 7) is 6.44. The minimum absolute atomic E-state index is 0.162. The van der Waals surface area contributed by atoms with Gasteiger partial charge in [-0.05, 0) is 43.2 Å². The standard InChI is InChI=1S/C21H26F2N2O3S/c1-4-24(5-2)29(27,28)18-11-7-16(8-12-18)9-14-21(26)25(6-3)17-10-13-19(22)20(23)15-17/h7-8,10-13,15H,4-6,9,14H2,1-3H3. The second kappa shape index (κ2) is 9.93. The summed E-state index contributed by atoms with van der Waals surface area (Å²) in [4.78, 5) is 14.2. The summed E-state index contributed by atoms with van der Waals surface area (Å²) >= 11 is 0. The zero-order chi connectivity index (χ0) is 21.6. The monoisotopic (exact) mass is 424 g/mol. The molecule has 29 heavy (non-hydrogen) atoms. The van der Waals surface area contributed by atoms with Crippen LogP contribution in [0.2, 0.25) is 0 Å². The number of rotatable bonds is 9. The Labute approximate surface area is 171 Å². The van der Waals surface area contributed by atoms with Crippen LogP contribution in [0.25, 0.3) is 0 Å². The molecule has 0 radical (unpaired) electrons. The van der Waals surface area contributed by atoms with E-state index in [1.165, 1.54) is 15.3 Å². The molecule has 2 aromatic rings. The molecule has 0 saturated carbocycles. The Hall–Kier alpha value is -2.32. The van der Waals surface area contributed by atoms with Crippen LogP contribution in [0.15, 0.2) is 47.4 Å². The molecule has 0 spiro atoms. The van der Waals surface area contributed by atoms with Crippen molar-refractivity contribution >= 4 is 21.6 Å². The van der Waals surface area contributed by atoms with Gasteiger partial charge in [-0.3, -0.25) is 4.79 Å². The third kappa shape index (κ3) is 5.39. The first-order valence-corrected chi connectivity index (χ1v) is 11.0. The molecule has 0 atom stereocenters. The Morgan fingerprint density at radius 3 is 2.03 bits per heavy atom. The van der Waals surface area contributed by atoms with Gasteiger partial charge in [0.05, 0.1) is 4.90 Å². The maximum atomic E-state index is 13.5. The minimum atomic E-state index is -3.52. The molecular formula is C21H26F2N2O3S. The highest BCUT2D eigenvalue weighted by molar-refractivity contribution is 7.89. The Balaban J connectivity index is 2.07. The lowest BCUT2D eigenvalue weighted by molar-refractivity contribution is -0.118. The average molecular weight is 425 g/mol. The van der Waals surface area contributed by atoms with E-state index >= 15 is 0 Å². The zero-order valence-corrected chi connectivity index (χ0v) is 17.7. The SMILES string of the molecule is CCN(C(=O)CCc1ccc(S(=O)(=O)N(CC)CC)cc1)c1ccc(F)c(F)c1. The first-order valence-electron chi connectivity index (χ1n) is 9.59. The molecule has 1 amide bonds. The van der Waals surface area contributed by atoms with E-state index < -0.39 is 21.7 Å². The summed E-state index contributed by atoms with van der Waals surface area (Å²) < 4.78 is 53.0. The Kier molecular flexibility index (Phi) is 7.87. The minimum Gasteiger partial charge on any atom is -0.313 e. The number of anilines is 1. The summed E-state index contributed by atoms with van der Waals surface area (Å²) in [5, 5.41) is 0. The van der Waals surface area contributed by atoms with Gasteiger partial charge in [0.15, 0.2) is 11.6 Å². The molecule has 2 rings (SSSR count). The van der Waals surface area contributed by atoms with E-state index in [-0.39, 0.29) is 17.2 Å². The van der Waals surface area contributed by atoms with E-state index in [0.717, 1.165) is 17.7 Å². The highest BCUT2D eigenvalue weighted by Gasteiger charge is 2.21. The molecule has 8 heteroatoms. The molecule has 5 nitrogen and oxygen atoms in total. The molecule has 0 N–H and O–H groups in total. The maximum absolute atomic E-state index is 13.5. The third-order valence-electron chi connectivity index (χ3n) is 4.73. The molecule has 0 unspecified atom stereocenters. The van der Waals surface area contributed by atoms with Gasteiger partial charge in [-0.25, -0.2) is 17.2 Å². The van der Waals surface area contributed by atoms with Crippen LogP contribution in [0.3, 0.4) is 0 Å². The molecular weight excluding hydrogens is 398 g/mol. The van der Waals surface area contributed by atoms with Gasteiger partial charge in [-0.15, -0.1) is 0 Å². The Morgan fingerprint density at radius 2 is 1.52 bits per heavy atom. The number of hydrogen-bond donors (Lipinski definition) is 0. The molecule has 0 heterocycles. The van der Waals surface area contributed by atoms with Crippen LogP contribution < -0.4 is 4.90 Å². The number of carbonyl (C=O) groups is 1. The number of benzene rings is 2. The topological polar surface area (TPSA) is 57.7 Å². The van der Waals surface area contributed by atoms with Gasteiger partial charge < -0.3 is 4.90 Å². The third-order valence-corrected chi connectivity index (χ3v) is 6.79. The quantitative estimate of drug-likeness (QED) is 0.612. The van der Waals surface area contributed by atoms with Crippen LogP contribution in [-0.2, 0) is 21.2 Å². The highest BCUT2D eigenvalue weighted by Crippen LogP contribution is 2.20. The number of aryl methyl sites for hydroxylation is 1. The molecule has 0 aliphatic rings. The molecule has 0 saturated heterocycles. The van der Waals surface area contributed by atoms with Crippen LogP contribution >= 0.6 is 0 Å². The zero-order valence-electron chi connectivity index (χ0n) is 16.9. The van der Waals surface area contributed by atoms with Crippen molar-refractivity contribution in [3.63, 3.8) is 0 Å². The fourth-order valence-corrected chi connectivity index (χ4v) is 4.54. The number of halogens is 2. The lowest BCUT2D eigenvalue weighted by atomic mass is 10.1. The van der Waals surface area contributed by atoms with Crippen molar-refractivity contribution < 1.29 is 22.0 Å². The summed E-state index contributed by atoms with van der Waals surface area (Å²) in [7, 11) is -3.52. The fraction of sp³-hybridized carbons (Fsp3) is 0.381. The Morgan fingerprint density at radius 1 is 0.897 bits per heavy atom. The van der Waals surface area contributed by atoms with Crippen molar-refractivity contribution in [1.82, 2.24) is 4.31 Å². The first-order chi connectivity index (χ1) is 13.7. The lowest BCUT2D eigenvalue weighted by Crippen LogP contribution is -2.31. The van der Waals surface area contributed by atoms with Gasteiger partial charge in [0.2, 0.25) is 15.9 Å². The van der Waals surface area contributed by atoms with Gasteiger partial charge in [-0.1, -0.05) is 26.0 Å². The van der Waals surface area contributed by atoms with Crippen molar-refractivity contribution in [1.29, 1.82) is 0 Å². The summed E-state index contributed by atoms with van der Waals surface area (Å²) in [5.41, 5.74) is 1.12. The van der Waals surface area contributed by atoms with E-state index in [1.54, 1.807) is 45.0 Å². The summed E-state index contributed by atoms with van der Waals surface area (Å²) in [6.07, 6.45) is 0.569. The molecule has 2 aromatic carbocycles. The maximum Gasteiger partial charge on any atom is 0.243 e. The second-order valence-electron chi connectivity index (χ2n) is 6.47. The Bertz CT molecular complexity index is 943. The number of amides is 1. The van der Waals surface area contributed by atoms with Crippen molar-refractivity contribution in [2.24, 2.45) is 0 Å². The van der Waals surface area contributed by atoms with Crippen molar-refractivity contribution in [2.75, 3.05) is 24.5 Å². The first kappa shape index (κ1) is 23.0. The van der Waals surface area contributed by atoms with Crippen molar-refractivity contribution in [3.05, 3.63) is 59.7 Å². The molecule has 0 aliphatic heterocycles. The van der Waals surface area contributed by atoms with Gasteiger partial charge in [0.25, 0.3) is 0 Å². The highest BCUT2D eigenvalue weighted by atomic mass is 32.2. The van der Waals surface area contributed by atoms with Gasteiger partial charge >= 0.3 is 0 Å². The van der Waals surface area contributed by atoms with Gasteiger partial charge in [0, 0.05) is 37.8 Å². The second-order valence-corrected chi connectivity index (χ2v) is 8.41. The average Bonchev–Trinajstić information content (AvgIpc) is 2.70. The van der Waals surface area contributed by atoms with Crippen LogP contribution in [-0.4, -0.2) is 38.3 Å². The molecule has 158 valence electrons. The van der Waals surface area contributed by atoms with E-state index in [0.29, 0.717) is 31.7 Å². The van der Waals surface area contributed by atoms with Crippen LogP contribution in [0.5, 0.6) is 0 Å². The summed E-state index contributed by atoms with van der Waals surface area (Å²) in [5.74, 6) is -2.19. The summed E-state index contributed by atoms with van der Waals surface area (Å²) in [6, 6.07) is 9.84.